The van der Waals surface area contributed by atoms with E-state index in [0.717, 1.165) is 6.61 Å². The van der Waals surface area contributed by atoms with Gasteiger partial charge in [0.15, 0.2) is 0 Å². The Hall–Kier alpha value is -0.460. The third-order valence-corrected chi connectivity index (χ3v) is 0.862. The monoisotopic (exact) mass is 84.1 g/mol. The Morgan fingerprint density at radius 1 is 1.83 bits per heavy atom. The number of hydrogen-bond acceptors (Lipinski definition) is 1. The van der Waals surface area contributed by atoms with Crippen LogP contribution in [0.2, 0.25) is 0 Å². The summed E-state index contributed by atoms with van der Waals surface area (Å²) in [5.74, 6) is 0.644. The van der Waals surface area contributed by atoms with Crippen LogP contribution < -0.4 is 0 Å². The van der Waals surface area contributed by atoms with Crippen LogP contribution in [0.5, 0.6) is 0 Å². The van der Waals surface area contributed by atoms with E-state index in [-0.39, 0.29) is 0 Å². The maximum Gasteiger partial charge on any atom is 0.0934 e. The number of rotatable bonds is 0. The predicted molar refractivity (Wildman–Crippen MR) is 24.3 cm³/mol. The van der Waals surface area contributed by atoms with Gasteiger partial charge in [0.05, 0.1) is 12.9 Å². The molecule has 0 aliphatic carbocycles. The van der Waals surface area contributed by atoms with Crippen LogP contribution in [-0.4, -0.2) is 6.61 Å². The molecular formula is C5H8O. The van der Waals surface area contributed by atoms with Gasteiger partial charge in [-0.2, -0.15) is 0 Å². The summed E-state index contributed by atoms with van der Waals surface area (Å²) in [6.45, 7) is 3.00. The predicted octanol–water partition coefficient (Wildman–Crippen LogP) is 1.17. The summed E-state index contributed by atoms with van der Waals surface area (Å²) in [5, 5.41) is 0. The van der Waals surface area contributed by atoms with Crippen LogP contribution in [0, 0.1) is 5.92 Å². The third kappa shape index (κ3) is 0.534. The van der Waals surface area contributed by atoms with Gasteiger partial charge in [-0.25, -0.2) is 0 Å². The normalized spacial score (nSPS) is 30.5. The zero-order chi connectivity index (χ0) is 4.41. The van der Waals surface area contributed by atoms with E-state index in [1.54, 1.807) is 6.26 Å². The van der Waals surface area contributed by atoms with Crippen LogP contribution in [-0.2, 0) is 4.74 Å². The Morgan fingerprint density at radius 3 is 2.83 bits per heavy atom. The molecule has 0 radical (unpaired) electrons. The highest BCUT2D eigenvalue weighted by Crippen LogP contribution is 2.04. The molecule has 0 amide bonds. The average Bonchev–Trinajstić information content (AvgIpc) is 1.86. The Balaban J connectivity index is 2.38. The Morgan fingerprint density at radius 2 is 2.67 bits per heavy atom. The standard InChI is InChI=1S/C5H8O/c1-5-2-3-6-4-5/h2-3,5H,4H2,1H3. The van der Waals surface area contributed by atoms with Gasteiger partial charge in [0.1, 0.15) is 0 Å². The van der Waals surface area contributed by atoms with E-state index in [4.69, 9.17) is 4.74 Å². The van der Waals surface area contributed by atoms with Crippen molar-refractivity contribution in [1.29, 1.82) is 0 Å². The highest BCUT2D eigenvalue weighted by Gasteiger charge is 1.99. The molecule has 0 saturated carbocycles. The van der Waals surface area contributed by atoms with Gasteiger partial charge < -0.3 is 4.74 Å². The zero-order valence-corrected chi connectivity index (χ0v) is 3.85. The van der Waals surface area contributed by atoms with E-state index < -0.39 is 0 Å². The van der Waals surface area contributed by atoms with Gasteiger partial charge in [-0.05, 0) is 6.08 Å². The molecule has 0 spiro atoms. The van der Waals surface area contributed by atoms with Gasteiger partial charge in [0, 0.05) is 5.92 Å². The highest BCUT2D eigenvalue weighted by atomic mass is 16.5. The van der Waals surface area contributed by atoms with Crippen molar-refractivity contribution < 1.29 is 4.74 Å². The van der Waals surface area contributed by atoms with Crippen molar-refractivity contribution in [3.05, 3.63) is 12.3 Å². The Labute approximate surface area is 37.6 Å². The molecule has 6 heavy (non-hydrogen) atoms. The molecular weight excluding hydrogens is 76.1 g/mol. The van der Waals surface area contributed by atoms with Crippen molar-refractivity contribution in [2.45, 2.75) is 6.92 Å². The lowest BCUT2D eigenvalue weighted by atomic mass is 10.2. The van der Waals surface area contributed by atoms with Crippen molar-refractivity contribution in [3.8, 4) is 0 Å². The SMILES string of the molecule is CC1C=COC1. The third-order valence-electron chi connectivity index (χ3n) is 0.862. The molecule has 34 valence electrons. The first kappa shape index (κ1) is 3.72. The fourth-order valence-electron chi connectivity index (χ4n) is 0.453. The van der Waals surface area contributed by atoms with E-state index in [1.165, 1.54) is 0 Å². The van der Waals surface area contributed by atoms with E-state index >= 15 is 0 Å². The fourth-order valence-corrected chi connectivity index (χ4v) is 0.453. The maximum absolute atomic E-state index is 4.88. The second kappa shape index (κ2) is 1.33. The van der Waals surface area contributed by atoms with Crippen molar-refractivity contribution in [3.63, 3.8) is 0 Å². The highest BCUT2D eigenvalue weighted by molar-refractivity contribution is 4.85. The molecule has 1 atom stereocenters. The van der Waals surface area contributed by atoms with Crippen molar-refractivity contribution >= 4 is 0 Å². The average molecular weight is 84.1 g/mol. The molecule has 0 N–H and O–H groups in total. The summed E-state index contributed by atoms with van der Waals surface area (Å²) >= 11 is 0. The van der Waals surface area contributed by atoms with Crippen molar-refractivity contribution in [2.24, 2.45) is 5.92 Å². The largest absolute Gasteiger partial charge is 0.501 e. The molecule has 1 heteroatoms. The first-order valence-electron chi connectivity index (χ1n) is 2.18. The zero-order valence-electron chi connectivity index (χ0n) is 3.85. The van der Waals surface area contributed by atoms with Crippen LogP contribution in [0.25, 0.3) is 0 Å². The minimum atomic E-state index is 0.644. The summed E-state index contributed by atoms with van der Waals surface area (Å²) < 4.78 is 4.88. The summed E-state index contributed by atoms with van der Waals surface area (Å²) in [6, 6.07) is 0. The quantitative estimate of drug-likeness (QED) is 0.428. The van der Waals surface area contributed by atoms with Crippen LogP contribution in [0.3, 0.4) is 0 Å². The van der Waals surface area contributed by atoms with Crippen LogP contribution in [0.1, 0.15) is 6.92 Å². The molecule has 1 aliphatic rings. The molecule has 0 aromatic rings. The van der Waals surface area contributed by atoms with Gasteiger partial charge in [0.2, 0.25) is 0 Å². The maximum atomic E-state index is 4.88. The first-order valence-corrected chi connectivity index (χ1v) is 2.18. The van der Waals surface area contributed by atoms with Crippen molar-refractivity contribution in [2.75, 3.05) is 6.61 Å². The molecule has 0 fully saturated rings. The Bertz CT molecular complexity index is 66.3. The fraction of sp³-hybridized carbons (Fsp3) is 0.600. The molecule has 1 rings (SSSR count). The van der Waals surface area contributed by atoms with Gasteiger partial charge in [-0.3, -0.25) is 0 Å². The van der Waals surface area contributed by atoms with E-state index in [9.17, 15) is 0 Å². The van der Waals surface area contributed by atoms with Crippen LogP contribution in [0.15, 0.2) is 12.3 Å². The Kier molecular flexibility index (Phi) is 0.825. The van der Waals surface area contributed by atoms with Gasteiger partial charge >= 0.3 is 0 Å². The summed E-state index contributed by atoms with van der Waals surface area (Å²) in [5.41, 5.74) is 0. The van der Waals surface area contributed by atoms with Crippen LogP contribution >= 0.6 is 0 Å². The number of ether oxygens (including phenoxy) is 1. The van der Waals surface area contributed by atoms with E-state index in [0.29, 0.717) is 5.92 Å². The molecule has 0 aromatic carbocycles. The van der Waals surface area contributed by atoms with Crippen LogP contribution in [0.4, 0.5) is 0 Å². The summed E-state index contributed by atoms with van der Waals surface area (Å²) in [4.78, 5) is 0. The molecule has 1 unspecified atom stereocenters. The molecule has 0 saturated heterocycles. The topological polar surface area (TPSA) is 9.23 Å². The lowest BCUT2D eigenvalue weighted by Gasteiger charge is -1.90. The van der Waals surface area contributed by atoms with E-state index in [2.05, 4.69) is 13.0 Å². The summed E-state index contributed by atoms with van der Waals surface area (Å²) in [6.07, 6.45) is 3.81. The van der Waals surface area contributed by atoms with Gasteiger partial charge in [-0.1, -0.05) is 6.92 Å². The first-order chi connectivity index (χ1) is 2.89. The van der Waals surface area contributed by atoms with Gasteiger partial charge in [0.25, 0.3) is 0 Å². The van der Waals surface area contributed by atoms with Gasteiger partial charge in [-0.15, -0.1) is 0 Å². The summed E-state index contributed by atoms with van der Waals surface area (Å²) in [7, 11) is 0. The molecule has 1 heterocycles. The minimum Gasteiger partial charge on any atom is -0.501 e. The second-order valence-corrected chi connectivity index (χ2v) is 1.64. The molecule has 0 aromatic heterocycles. The number of hydrogen-bond donors (Lipinski definition) is 0. The van der Waals surface area contributed by atoms with E-state index in [1.807, 2.05) is 0 Å². The lowest BCUT2D eigenvalue weighted by Crippen LogP contribution is -1.88. The molecule has 1 nitrogen and oxygen atoms in total. The minimum absolute atomic E-state index is 0.644. The second-order valence-electron chi connectivity index (χ2n) is 1.64. The molecule has 0 bridgehead atoms. The van der Waals surface area contributed by atoms with Crippen molar-refractivity contribution in [1.82, 2.24) is 0 Å². The smallest absolute Gasteiger partial charge is 0.0934 e. The lowest BCUT2D eigenvalue weighted by molar-refractivity contribution is 0.255. The molecule has 1 aliphatic heterocycles.